The Kier molecular flexibility index (Phi) is 6.17. The fourth-order valence-electron chi connectivity index (χ4n) is 4.04. The molecule has 38 heavy (non-hydrogen) atoms. The van der Waals surface area contributed by atoms with Crippen LogP contribution in [0.25, 0.3) is 11.4 Å². The topological polar surface area (TPSA) is 107 Å². The molecule has 0 aliphatic heterocycles. The average Bonchev–Trinajstić information content (AvgIpc) is 3.74. The summed E-state index contributed by atoms with van der Waals surface area (Å²) in [6, 6.07) is 24.9. The van der Waals surface area contributed by atoms with E-state index in [-0.39, 0.29) is 5.91 Å². The minimum Gasteiger partial charge on any atom is -0.323 e. The highest BCUT2D eigenvalue weighted by atomic mass is 16.1. The van der Waals surface area contributed by atoms with Gasteiger partial charge >= 0.3 is 0 Å². The number of benzene rings is 3. The SMILES string of the molecule is O=C(Nc1ccc(Cn2cncn2)cc1)c1cccc(-n2cc(Nc3nccn3-c3ccccc3)cn2)c1. The summed E-state index contributed by atoms with van der Waals surface area (Å²) in [7, 11) is 0. The maximum absolute atomic E-state index is 12.9. The fraction of sp³-hybridized carbons (Fsp3) is 0.0357. The van der Waals surface area contributed by atoms with Crippen molar-refractivity contribution in [3.8, 4) is 11.4 Å². The summed E-state index contributed by atoms with van der Waals surface area (Å²) in [5.41, 5.74) is 4.84. The second kappa shape index (κ2) is 10.2. The summed E-state index contributed by atoms with van der Waals surface area (Å²) >= 11 is 0. The predicted octanol–water partition coefficient (Wildman–Crippen LogP) is 4.69. The number of anilines is 3. The molecule has 6 aromatic rings. The van der Waals surface area contributed by atoms with E-state index in [0.29, 0.717) is 23.7 Å². The number of para-hydroxylation sites is 1. The van der Waals surface area contributed by atoms with E-state index in [2.05, 4.69) is 30.8 Å². The Balaban J connectivity index is 1.13. The van der Waals surface area contributed by atoms with Crippen molar-refractivity contribution in [2.75, 3.05) is 10.6 Å². The summed E-state index contributed by atoms with van der Waals surface area (Å²) in [6.45, 7) is 0.616. The molecule has 6 rings (SSSR count). The van der Waals surface area contributed by atoms with E-state index >= 15 is 0 Å². The molecule has 3 heterocycles. The lowest BCUT2D eigenvalue weighted by Crippen LogP contribution is -2.12. The Morgan fingerprint density at radius 1 is 0.868 bits per heavy atom. The number of rotatable bonds is 8. The van der Waals surface area contributed by atoms with Gasteiger partial charge in [-0.3, -0.25) is 9.36 Å². The van der Waals surface area contributed by atoms with Gasteiger partial charge in [-0.25, -0.2) is 19.3 Å². The van der Waals surface area contributed by atoms with Gasteiger partial charge in [0.1, 0.15) is 12.7 Å². The quantitative estimate of drug-likeness (QED) is 0.313. The lowest BCUT2D eigenvalue weighted by molar-refractivity contribution is 0.102. The van der Waals surface area contributed by atoms with E-state index in [4.69, 9.17) is 0 Å². The maximum atomic E-state index is 12.9. The highest BCUT2D eigenvalue weighted by molar-refractivity contribution is 6.04. The number of nitrogens with zero attached hydrogens (tertiary/aromatic N) is 7. The zero-order valence-corrected chi connectivity index (χ0v) is 20.2. The number of nitrogens with one attached hydrogen (secondary N) is 2. The molecule has 0 unspecified atom stereocenters. The molecule has 0 aliphatic rings. The number of carbonyl (C=O) groups is 1. The molecule has 0 saturated heterocycles. The van der Waals surface area contributed by atoms with Gasteiger partial charge in [0.25, 0.3) is 5.91 Å². The number of hydrogen-bond acceptors (Lipinski definition) is 6. The Labute approximate surface area is 218 Å². The minimum atomic E-state index is -0.203. The van der Waals surface area contributed by atoms with Crippen LogP contribution in [-0.4, -0.2) is 40.0 Å². The monoisotopic (exact) mass is 501 g/mol. The zero-order valence-electron chi connectivity index (χ0n) is 20.2. The van der Waals surface area contributed by atoms with Crippen molar-refractivity contribution in [2.24, 2.45) is 0 Å². The molecule has 10 heteroatoms. The number of hydrogen-bond donors (Lipinski definition) is 2. The molecule has 0 fully saturated rings. The van der Waals surface area contributed by atoms with Crippen LogP contribution in [0.3, 0.4) is 0 Å². The third kappa shape index (κ3) is 5.05. The average molecular weight is 502 g/mol. The van der Waals surface area contributed by atoms with Gasteiger partial charge in [-0.05, 0) is 48.0 Å². The van der Waals surface area contributed by atoms with E-state index in [9.17, 15) is 4.79 Å². The van der Waals surface area contributed by atoms with Crippen LogP contribution >= 0.6 is 0 Å². The predicted molar refractivity (Wildman–Crippen MR) is 144 cm³/mol. The number of aromatic nitrogens is 7. The first-order chi connectivity index (χ1) is 18.7. The molecule has 0 atom stereocenters. The fourth-order valence-corrected chi connectivity index (χ4v) is 4.04. The normalized spacial score (nSPS) is 10.8. The van der Waals surface area contributed by atoms with Crippen LogP contribution in [0.2, 0.25) is 0 Å². The van der Waals surface area contributed by atoms with Gasteiger partial charge in [0, 0.05) is 29.3 Å². The standard InChI is InChI=1S/C28H23N9O/c38-27(33-23-11-9-21(10-12-23)17-35-20-29-19-32-35)22-5-4-8-26(15-22)37-18-24(16-31-37)34-28-30-13-14-36(28)25-6-2-1-3-7-25/h1-16,18-20H,17H2,(H,30,34)(H,33,38). The second-order valence-corrected chi connectivity index (χ2v) is 8.55. The first-order valence-electron chi connectivity index (χ1n) is 11.9. The van der Waals surface area contributed by atoms with E-state index in [0.717, 1.165) is 22.6 Å². The number of carbonyl (C=O) groups excluding carboxylic acids is 1. The summed E-state index contributed by atoms with van der Waals surface area (Å²) in [6.07, 6.45) is 10.4. The molecule has 2 N–H and O–H groups in total. The smallest absolute Gasteiger partial charge is 0.255 e. The molecule has 3 aromatic carbocycles. The van der Waals surface area contributed by atoms with Crippen LogP contribution in [0.15, 0.2) is 116 Å². The maximum Gasteiger partial charge on any atom is 0.255 e. The second-order valence-electron chi connectivity index (χ2n) is 8.55. The van der Waals surface area contributed by atoms with Crippen LogP contribution in [0.4, 0.5) is 17.3 Å². The molecule has 186 valence electrons. The summed E-state index contributed by atoms with van der Waals surface area (Å²) in [5.74, 6) is 0.474. The highest BCUT2D eigenvalue weighted by Gasteiger charge is 2.11. The Hall–Kier alpha value is -5.51. The Morgan fingerprint density at radius 3 is 2.53 bits per heavy atom. The summed E-state index contributed by atoms with van der Waals surface area (Å²) in [4.78, 5) is 21.3. The van der Waals surface area contributed by atoms with Crippen molar-refractivity contribution >= 4 is 23.2 Å². The first kappa shape index (κ1) is 22.9. The van der Waals surface area contributed by atoms with Crippen molar-refractivity contribution in [1.82, 2.24) is 34.1 Å². The molecule has 0 saturated carbocycles. The number of imidazole rings is 1. The molecular weight excluding hydrogens is 478 g/mol. The largest absolute Gasteiger partial charge is 0.323 e. The third-order valence-corrected chi connectivity index (χ3v) is 5.91. The van der Waals surface area contributed by atoms with Crippen LogP contribution in [0.1, 0.15) is 15.9 Å². The van der Waals surface area contributed by atoms with Crippen molar-refractivity contribution < 1.29 is 4.79 Å². The minimum absolute atomic E-state index is 0.203. The highest BCUT2D eigenvalue weighted by Crippen LogP contribution is 2.20. The molecule has 0 bridgehead atoms. The molecule has 0 spiro atoms. The van der Waals surface area contributed by atoms with Gasteiger partial charge in [0.05, 0.1) is 30.3 Å². The molecular formula is C28H23N9O. The molecule has 10 nitrogen and oxygen atoms in total. The van der Waals surface area contributed by atoms with Gasteiger partial charge in [-0.1, -0.05) is 36.4 Å². The third-order valence-electron chi connectivity index (χ3n) is 5.91. The summed E-state index contributed by atoms with van der Waals surface area (Å²) in [5, 5.41) is 14.8. The van der Waals surface area contributed by atoms with Gasteiger partial charge in [-0.15, -0.1) is 0 Å². The van der Waals surface area contributed by atoms with Crippen LogP contribution < -0.4 is 10.6 Å². The van der Waals surface area contributed by atoms with E-state index in [1.807, 2.05) is 83.7 Å². The lowest BCUT2D eigenvalue weighted by Gasteiger charge is -2.09. The molecule has 0 aliphatic carbocycles. The molecule has 1 amide bonds. The Bertz CT molecular complexity index is 1650. The van der Waals surface area contributed by atoms with Crippen molar-refractivity contribution in [2.45, 2.75) is 6.54 Å². The van der Waals surface area contributed by atoms with Crippen LogP contribution in [-0.2, 0) is 6.54 Å². The van der Waals surface area contributed by atoms with Crippen molar-refractivity contribution in [3.05, 3.63) is 127 Å². The van der Waals surface area contributed by atoms with Gasteiger partial charge in [0.2, 0.25) is 5.95 Å². The molecule has 3 aromatic heterocycles. The van der Waals surface area contributed by atoms with Crippen LogP contribution in [0.5, 0.6) is 0 Å². The Morgan fingerprint density at radius 2 is 1.71 bits per heavy atom. The van der Waals surface area contributed by atoms with Crippen molar-refractivity contribution in [1.29, 1.82) is 0 Å². The molecule has 0 radical (unpaired) electrons. The van der Waals surface area contributed by atoms with E-state index in [1.165, 1.54) is 6.33 Å². The summed E-state index contributed by atoms with van der Waals surface area (Å²) < 4.78 is 5.42. The lowest BCUT2D eigenvalue weighted by atomic mass is 10.1. The van der Waals surface area contributed by atoms with Crippen molar-refractivity contribution in [3.63, 3.8) is 0 Å². The number of amides is 1. The van der Waals surface area contributed by atoms with Gasteiger partial charge < -0.3 is 10.6 Å². The van der Waals surface area contributed by atoms with Gasteiger partial charge in [-0.2, -0.15) is 10.2 Å². The van der Waals surface area contributed by atoms with Crippen LogP contribution in [0, 0.1) is 0 Å². The van der Waals surface area contributed by atoms with E-state index in [1.54, 1.807) is 40.2 Å². The van der Waals surface area contributed by atoms with Gasteiger partial charge in [0.15, 0.2) is 0 Å². The first-order valence-corrected chi connectivity index (χ1v) is 11.9. The van der Waals surface area contributed by atoms with E-state index < -0.39 is 0 Å². The zero-order chi connectivity index (χ0) is 25.7.